The number of fused-ring (bicyclic) bond motifs is 1. The van der Waals surface area contributed by atoms with E-state index in [2.05, 4.69) is 0 Å². The van der Waals surface area contributed by atoms with Crippen molar-refractivity contribution in [2.24, 2.45) is 0 Å². The molecule has 1 saturated carbocycles. The predicted octanol–water partition coefficient (Wildman–Crippen LogP) is 6.48. The molecule has 0 radical (unpaired) electrons. The van der Waals surface area contributed by atoms with Crippen LogP contribution in [0.3, 0.4) is 0 Å². The molecule has 6 rings (SSSR count). The Hall–Kier alpha value is -4.37. The van der Waals surface area contributed by atoms with Crippen LogP contribution in [0.5, 0.6) is 11.5 Å². The van der Waals surface area contributed by atoms with Gasteiger partial charge < -0.3 is 24.0 Å². The van der Waals surface area contributed by atoms with Crippen LogP contribution in [0.2, 0.25) is 5.02 Å². The van der Waals surface area contributed by atoms with Crippen molar-refractivity contribution in [2.75, 3.05) is 38.1 Å². The van der Waals surface area contributed by atoms with E-state index in [0.29, 0.717) is 53.9 Å². The fourth-order valence-corrected chi connectivity index (χ4v) is 6.15. The quantitative estimate of drug-likeness (QED) is 0.234. The Labute approximate surface area is 266 Å². The van der Waals surface area contributed by atoms with Gasteiger partial charge in [0.25, 0.3) is 5.91 Å². The number of hydrogen-bond donors (Lipinski definition) is 0. The van der Waals surface area contributed by atoms with E-state index in [9.17, 15) is 14.4 Å². The van der Waals surface area contributed by atoms with Crippen molar-refractivity contribution < 1.29 is 18.7 Å². The number of aryl methyl sites for hydroxylation is 2. The summed E-state index contributed by atoms with van der Waals surface area (Å²) in [6.07, 6.45) is 3.45. The average Bonchev–Trinajstić information content (AvgIpc) is 3.85. The number of halogens is 2. The molecule has 0 N–H and O–H groups in total. The van der Waals surface area contributed by atoms with Crippen LogP contribution in [0.25, 0.3) is 10.9 Å². The van der Waals surface area contributed by atoms with Crippen molar-refractivity contribution in [1.82, 2.24) is 14.4 Å². The standard InChI is InChI=1S/C35H36ClFN4O4/c1-21-5-10-32(22(2)15-21)45-33-16-25(36)7-6-24(33)19-38(4)35(44)28-20-41(26-8-9-26)30-18-31(29(37)17-27(30)34(28)43)40-13-11-39(12-14-40)23(3)42/h5-7,10,15-18,20,26H,8-9,11-14,19H2,1-4H3. The highest BCUT2D eigenvalue weighted by atomic mass is 35.5. The lowest BCUT2D eigenvalue weighted by Crippen LogP contribution is -2.48. The van der Waals surface area contributed by atoms with Gasteiger partial charge in [0.1, 0.15) is 22.9 Å². The number of nitrogens with zero attached hydrogens (tertiary/aromatic N) is 4. The molecule has 1 aliphatic carbocycles. The van der Waals surface area contributed by atoms with Crippen molar-refractivity contribution >= 4 is 40.0 Å². The van der Waals surface area contributed by atoms with Crippen LogP contribution >= 0.6 is 11.6 Å². The first-order valence-corrected chi connectivity index (χ1v) is 15.6. The van der Waals surface area contributed by atoms with Crippen LogP contribution in [0.15, 0.2) is 59.5 Å². The molecule has 1 aromatic heterocycles. The number of amides is 2. The number of carbonyl (C=O) groups excluding carboxylic acids is 2. The molecule has 10 heteroatoms. The summed E-state index contributed by atoms with van der Waals surface area (Å²) < 4.78 is 23.8. The molecular formula is C35H36ClFN4O4. The molecule has 0 unspecified atom stereocenters. The molecule has 3 aromatic carbocycles. The Morgan fingerprint density at radius 2 is 1.73 bits per heavy atom. The predicted molar refractivity (Wildman–Crippen MR) is 174 cm³/mol. The Bertz CT molecular complexity index is 1880. The summed E-state index contributed by atoms with van der Waals surface area (Å²) in [4.78, 5) is 44.5. The first kappa shape index (κ1) is 30.6. The van der Waals surface area contributed by atoms with Gasteiger partial charge in [-0.15, -0.1) is 0 Å². The highest BCUT2D eigenvalue weighted by molar-refractivity contribution is 6.30. The number of piperazine rings is 1. The van der Waals surface area contributed by atoms with Crippen molar-refractivity contribution in [3.05, 3.63) is 98.0 Å². The smallest absolute Gasteiger partial charge is 0.259 e. The molecule has 1 saturated heterocycles. The molecular weight excluding hydrogens is 595 g/mol. The van der Waals surface area contributed by atoms with Gasteiger partial charge in [0, 0.05) is 74.9 Å². The lowest BCUT2D eigenvalue weighted by molar-refractivity contribution is -0.129. The van der Waals surface area contributed by atoms with Crippen LogP contribution in [0.4, 0.5) is 10.1 Å². The fraction of sp³-hybridized carbons (Fsp3) is 0.343. The largest absolute Gasteiger partial charge is 0.457 e. The van der Waals surface area contributed by atoms with Gasteiger partial charge >= 0.3 is 0 Å². The van der Waals surface area contributed by atoms with E-state index < -0.39 is 17.2 Å². The Kier molecular flexibility index (Phi) is 8.31. The van der Waals surface area contributed by atoms with Crippen molar-refractivity contribution in [3.8, 4) is 11.5 Å². The first-order chi connectivity index (χ1) is 21.5. The molecule has 0 bridgehead atoms. The van der Waals surface area contributed by atoms with Crippen molar-refractivity contribution in [3.63, 3.8) is 0 Å². The summed E-state index contributed by atoms with van der Waals surface area (Å²) in [5.41, 5.74) is 3.30. The number of anilines is 1. The lowest BCUT2D eigenvalue weighted by Gasteiger charge is -2.36. The van der Waals surface area contributed by atoms with Crippen molar-refractivity contribution in [1.29, 1.82) is 0 Å². The zero-order valence-electron chi connectivity index (χ0n) is 25.9. The summed E-state index contributed by atoms with van der Waals surface area (Å²) in [5.74, 6) is 0.211. The normalized spacial score (nSPS) is 15.0. The molecule has 2 amide bonds. The van der Waals surface area contributed by atoms with E-state index in [0.717, 1.165) is 29.5 Å². The molecule has 2 fully saturated rings. The Morgan fingerprint density at radius 1 is 1.00 bits per heavy atom. The van der Waals surface area contributed by atoms with Gasteiger partial charge in [-0.25, -0.2) is 4.39 Å². The molecule has 0 spiro atoms. The van der Waals surface area contributed by atoms with Crippen molar-refractivity contribution in [2.45, 2.75) is 46.2 Å². The molecule has 8 nitrogen and oxygen atoms in total. The topological polar surface area (TPSA) is 75.1 Å². The molecule has 4 aromatic rings. The van der Waals surface area contributed by atoms with Crippen LogP contribution in [0, 0.1) is 19.7 Å². The first-order valence-electron chi connectivity index (χ1n) is 15.2. The third-order valence-corrected chi connectivity index (χ3v) is 8.91. The summed E-state index contributed by atoms with van der Waals surface area (Å²) >= 11 is 6.31. The van der Waals surface area contributed by atoms with Gasteiger partial charge in [0.15, 0.2) is 0 Å². The van der Waals surface area contributed by atoms with E-state index in [-0.39, 0.29) is 29.4 Å². The molecule has 2 heterocycles. The van der Waals surface area contributed by atoms with Gasteiger partial charge in [-0.3, -0.25) is 14.4 Å². The second-order valence-electron chi connectivity index (χ2n) is 12.1. The molecule has 234 valence electrons. The third-order valence-electron chi connectivity index (χ3n) is 8.67. The highest BCUT2D eigenvalue weighted by Crippen LogP contribution is 2.38. The number of ether oxygens (including phenoxy) is 1. The van der Waals surface area contributed by atoms with Gasteiger partial charge in [-0.2, -0.15) is 0 Å². The van der Waals surface area contributed by atoms with E-state index in [1.54, 1.807) is 42.4 Å². The fourth-order valence-electron chi connectivity index (χ4n) is 5.99. The molecule has 45 heavy (non-hydrogen) atoms. The number of carbonyl (C=O) groups is 2. The number of pyridine rings is 1. The number of hydrogen-bond acceptors (Lipinski definition) is 5. The average molecular weight is 631 g/mol. The van der Waals surface area contributed by atoms with Gasteiger partial charge in [0.05, 0.1) is 11.2 Å². The second kappa shape index (κ2) is 12.2. The molecule has 1 aliphatic heterocycles. The van der Waals surface area contributed by atoms with Gasteiger partial charge in [0.2, 0.25) is 11.3 Å². The zero-order chi connectivity index (χ0) is 32.0. The minimum absolute atomic E-state index is 0.000420. The lowest BCUT2D eigenvalue weighted by atomic mass is 10.1. The summed E-state index contributed by atoms with van der Waals surface area (Å²) in [5, 5.41) is 0.673. The SMILES string of the molecule is CC(=O)N1CCN(c2cc3c(cc2F)c(=O)c(C(=O)N(C)Cc2ccc(Cl)cc2Oc2ccc(C)cc2C)cn3C2CC2)CC1. The maximum Gasteiger partial charge on any atom is 0.259 e. The van der Waals surface area contributed by atoms with Gasteiger partial charge in [-0.1, -0.05) is 35.4 Å². The maximum absolute atomic E-state index is 15.6. The van der Waals surface area contributed by atoms with E-state index in [1.807, 2.05) is 41.5 Å². The van der Waals surface area contributed by atoms with Crippen LogP contribution in [-0.2, 0) is 11.3 Å². The monoisotopic (exact) mass is 630 g/mol. The zero-order valence-corrected chi connectivity index (χ0v) is 26.7. The summed E-state index contributed by atoms with van der Waals surface area (Å²) in [6, 6.07) is 14.3. The summed E-state index contributed by atoms with van der Waals surface area (Å²) in [7, 11) is 1.63. The van der Waals surface area contributed by atoms with Gasteiger partial charge in [-0.05, 0) is 62.6 Å². The van der Waals surface area contributed by atoms with Crippen LogP contribution < -0.4 is 15.1 Å². The Morgan fingerprint density at radius 3 is 2.40 bits per heavy atom. The third kappa shape index (κ3) is 6.27. The van der Waals surface area contributed by atoms with Crippen LogP contribution in [0.1, 0.15) is 52.9 Å². The molecule has 2 aliphatic rings. The molecule has 0 atom stereocenters. The van der Waals surface area contributed by atoms with E-state index >= 15 is 4.39 Å². The number of benzene rings is 3. The summed E-state index contributed by atoms with van der Waals surface area (Å²) in [6.45, 7) is 7.68. The number of aromatic nitrogens is 1. The second-order valence-corrected chi connectivity index (χ2v) is 12.5. The van der Waals surface area contributed by atoms with E-state index in [4.69, 9.17) is 16.3 Å². The minimum Gasteiger partial charge on any atom is -0.457 e. The Balaban J connectivity index is 1.30. The maximum atomic E-state index is 15.6. The highest BCUT2D eigenvalue weighted by Gasteiger charge is 2.30. The van der Waals surface area contributed by atoms with Crippen LogP contribution in [-0.4, -0.2) is 59.4 Å². The minimum atomic E-state index is -0.523. The number of rotatable bonds is 7. The van der Waals surface area contributed by atoms with E-state index in [1.165, 1.54) is 17.9 Å².